The summed E-state index contributed by atoms with van der Waals surface area (Å²) in [7, 11) is 2.09. The van der Waals surface area contributed by atoms with E-state index in [4.69, 9.17) is 5.73 Å². The van der Waals surface area contributed by atoms with Gasteiger partial charge in [-0.1, -0.05) is 18.2 Å². The maximum absolute atomic E-state index is 5.84. The van der Waals surface area contributed by atoms with Gasteiger partial charge in [-0.25, -0.2) is 0 Å². The van der Waals surface area contributed by atoms with E-state index in [-0.39, 0.29) is 0 Å². The zero-order valence-electron chi connectivity index (χ0n) is 12.0. The first-order chi connectivity index (χ1) is 10.2. The zero-order chi connectivity index (χ0) is 14.6. The summed E-state index contributed by atoms with van der Waals surface area (Å²) >= 11 is 0. The van der Waals surface area contributed by atoms with Gasteiger partial charge in [0.15, 0.2) is 0 Å². The molecular weight excluding hydrogens is 260 g/mol. The maximum atomic E-state index is 5.84. The Hall–Kier alpha value is -2.75. The van der Waals surface area contributed by atoms with Gasteiger partial charge in [-0.15, -0.1) is 0 Å². The molecule has 0 bridgehead atoms. The van der Waals surface area contributed by atoms with Crippen LogP contribution in [-0.2, 0) is 7.05 Å². The molecule has 4 heteroatoms. The summed E-state index contributed by atoms with van der Waals surface area (Å²) in [5, 5.41) is 9.95. The number of para-hydroxylation sites is 1. The molecule has 0 amide bonds. The molecule has 0 aliphatic heterocycles. The van der Waals surface area contributed by atoms with E-state index >= 15 is 0 Å². The summed E-state index contributed by atoms with van der Waals surface area (Å²) in [5.41, 5.74) is 12.2. The number of benzene rings is 2. The first kappa shape index (κ1) is 12.0. The van der Waals surface area contributed by atoms with Crippen molar-refractivity contribution in [1.82, 2.24) is 14.8 Å². The number of aromatic amines is 1. The van der Waals surface area contributed by atoms with E-state index in [1.54, 1.807) is 0 Å². The summed E-state index contributed by atoms with van der Waals surface area (Å²) in [6, 6.07) is 14.3. The number of rotatable bonds is 1. The average Bonchev–Trinajstić information content (AvgIpc) is 2.99. The lowest BCUT2D eigenvalue weighted by molar-refractivity contribution is 0.918. The molecule has 0 atom stereocenters. The van der Waals surface area contributed by atoms with Gasteiger partial charge in [0.2, 0.25) is 0 Å². The lowest BCUT2D eigenvalue weighted by Crippen LogP contribution is -1.90. The Kier molecular flexibility index (Phi) is 2.36. The molecule has 21 heavy (non-hydrogen) atoms. The summed E-state index contributed by atoms with van der Waals surface area (Å²) in [6.07, 6.45) is 0. The van der Waals surface area contributed by atoms with Crippen LogP contribution in [0, 0.1) is 6.92 Å². The van der Waals surface area contributed by atoms with Crippen molar-refractivity contribution in [1.29, 1.82) is 0 Å². The normalized spacial score (nSPS) is 11.5. The minimum absolute atomic E-state index is 0.743. The summed E-state index contributed by atoms with van der Waals surface area (Å²) in [6.45, 7) is 2.13. The van der Waals surface area contributed by atoms with Crippen molar-refractivity contribution >= 4 is 27.5 Å². The van der Waals surface area contributed by atoms with Crippen LogP contribution in [0.3, 0.4) is 0 Å². The van der Waals surface area contributed by atoms with E-state index in [1.165, 1.54) is 22.2 Å². The Morgan fingerprint density at radius 1 is 1.10 bits per heavy atom. The molecular formula is C17H16N4. The van der Waals surface area contributed by atoms with Crippen molar-refractivity contribution in [2.45, 2.75) is 6.92 Å². The maximum Gasteiger partial charge on any atom is 0.102 e. The molecule has 3 N–H and O–H groups in total. The number of nitrogens with two attached hydrogens (primary N) is 1. The molecule has 2 aromatic carbocycles. The van der Waals surface area contributed by atoms with E-state index in [2.05, 4.69) is 53.0 Å². The zero-order valence-corrected chi connectivity index (χ0v) is 12.0. The lowest BCUT2D eigenvalue weighted by Gasteiger charge is -2.00. The Bertz CT molecular complexity index is 975. The van der Waals surface area contributed by atoms with Crippen molar-refractivity contribution in [2.75, 3.05) is 5.73 Å². The summed E-state index contributed by atoms with van der Waals surface area (Å²) in [5.74, 6) is 0. The molecule has 0 radical (unpaired) electrons. The fraction of sp³-hybridized carbons (Fsp3) is 0.118. The van der Waals surface area contributed by atoms with E-state index in [0.717, 1.165) is 22.3 Å². The van der Waals surface area contributed by atoms with Crippen LogP contribution in [0.5, 0.6) is 0 Å². The van der Waals surface area contributed by atoms with Crippen molar-refractivity contribution in [3.8, 4) is 11.3 Å². The average molecular weight is 276 g/mol. The van der Waals surface area contributed by atoms with E-state index in [0.29, 0.717) is 0 Å². The van der Waals surface area contributed by atoms with Crippen molar-refractivity contribution in [3.05, 3.63) is 48.2 Å². The number of aryl methyl sites for hydroxylation is 1. The smallest absolute Gasteiger partial charge is 0.102 e. The number of nitrogen functional groups attached to an aromatic ring is 1. The highest BCUT2D eigenvalue weighted by molar-refractivity contribution is 6.05. The molecule has 0 saturated heterocycles. The molecule has 4 aromatic rings. The highest BCUT2D eigenvalue weighted by atomic mass is 15.1. The molecule has 2 heterocycles. The largest absolute Gasteiger partial charge is 0.399 e. The second-order valence-electron chi connectivity index (χ2n) is 5.41. The Balaban J connectivity index is 2.12. The fourth-order valence-corrected chi connectivity index (χ4v) is 3.05. The number of H-pyrrole nitrogens is 1. The quantitative estimate of drug-likeness (QED) is 0.522. The van der Waals surface area contributed by atoms with Crippen molar-refractivity contribution in [3.63, 3.8) is 0 Å². The first-order valence-corrected chi connectivity index (χ1v) is 6.95. The van der Waals surface area contributed by atoms with Crippen LogP contribution in [0.1, 0.15) is 5.69 Å². The third-order valence-corrected chi connectivity index (χ3v) is 4.22. The highest BCUT2D eigenvalue weighted by Crippen LogP contribution is 2.36. The fourth-order valence-electron chi connectivity index (χ4n) is 3.05. The number of anilines is 1. The van der Waals surface area contributed by atoms with Crippen LogP contribution in [0.4, 0.5) is 5.69 Å². The number of hydrogen-bond acceptors (Lipinski definition) is 2. The van der Waals surface area contributed by atoms with E-state index in [1.807, 2.05) is 18.2 Å². The number of aromatic nitrogens is 3. The Morgan fingerprint density at radius 3 is 2.76 bits per heavy atom. The molecule has 4 nitrogen and oxygen atoms in total. The third-order valence-electron chi connectivity index (χ3n) is 4.22. The molecule has 104 valence electrons. The van der Waals surface area contributed by atoms with Crippen LogP contribution in [0.15, 0.2) is 42.5 Å². The predicted molar refractivity (Wildman–Crippen MR) is 87.2 cm³/mol. The highest BCUT2D eigenvalue weighted by Gasteiger charge is 2.17. The van der Waals surface area contributed by atoms with Gasteiger partial charge in [0, 0.05) is 40.3 Å². The van der Waals surface area contributed by atoms with E-state index < -0.39 is 0 Å². The molecule has 0 aliphatic carbocycles. The van der Waals surface area contributed by atoms with Gasteiger partial charge in [-0.05, 0) is 31.2 Å². The van der Waals surface area contributed by atoms with Crippen LogP contribution < -0.4 is 5.73 Å². The second kappa shape index (κ2) is 4.12. The monoisotopic (exact) mass is 276 g/mol. The standard InChI is InChI=1S/C17H16N4/c1-10-16(13-5-3-4-6-15(13)21(10)2)17-12-8-7-11(18)9-14(12)19-20-17/h3-9H,18H2,1-2H3,(H,19,20). The number of nitrogens with one attached hydrogen (secondary N) is 1. The van der Waals surface area contributed by atoms with E-state index in [9.17, 15) is 0 Å². The SMILES string of the molecule is Cc1c(-c2n[nH]c3cc(N)ccc23)c2ccccc2n1C. The van der Waals surface area contributed by atoms with Crippen molar-refractivity contribution in [2.24, 2.45) is 7.05 Å². The van der Waals surface area contributed by atoms with Gasteiger partial charge in [0.25, 0.3) is 0 Å². The Labute approximate surface area is 122 Å². The minimum Gasteiger partial charge on any atom is -0.399 e. The van der Waals surface area contributed by atoms with Gasteiger partial charge in [-0.2, -0.15) is 5.10 Å². The van der Waals surface area contributed by atoms with Gasteiger partial charge >= 0.3 is 0 Å². The van der Waals surface area contributed by atoms with Gasteiger partial charge in [0.05, 0.1) is 5.52 Å². The molecule has 0 saturated carbocycles. The lowest BCUT2D eigenvalue weighted by atomic mass is 10.0. The Morgan fingerprint density at radius 2 is 1.90 bits per heavy atom. The first-order valence-electron chi connectivity index (χ1n) is 6.95. The number of fused-ring (bicyclic) bond motifs is 2. The molecule has 0 aliphatic rings. The summed E-state index contributed by atoms with van der Waals surface area (Å²) < 4.78 is 2.21. The number of nitrogens with zero attached hydrogens (tertiary/aromatic N) is 2. The molecule has 4 rings (SSSR count). The van der Waals surface area contributed by atoms with Gasteiger partial charge in [0.1, 0.15) is 5.69 Å². The topological polar surface area (TPSA) is 59.6 Å². The third kappa shape index (κ3) is 1.59. The van der Waals surface area contributed by atoms with Crippen LogP contribution >= 0.6 is 0 Å². The van der Waals surface area contributed by atoms with Crippen LogP contribution in [0.2, 0.25) is 0 Å². The summed E-state index contributed by atoms with van der Waals surface area (Å²) in [4.78, 5) is 0. The van der Waals surface area contributed by atoms with Gasteiger partial charge in [-0.3, -0.25) is 5.10 Å². The van der Waals surface area contributed by atoms with Crippen LogP contribution in [0.25, 0.3) is 33.1 Å². The van der Waals surface area contributed by atoms with Crippen LogP contribution in [-0.4, -0.2) is 14.8 Å². The van der Waals surface area contributed by atoms with Gasteiger partial charge < -0.3 is 10.3 Å². The molecule has 0 fully saturated rings. The molecule has 0 spiro atoms. The minimum atomic E-state index is 0.743. The second-order valence-corrected chi connectivity index (χ2v) is 5.41. The number of hydrogen-bond donors (Lipinski definition) is 2. The predicted octanol–water partition coefficient (Wildman–Crippen LogP) is 3.61. The molecule has 2 aromatic heterocycles. The molecule has 0 unspecified atom stereocenters. The van der Waals surface area contributed by atoms with Crippen molar-refractivity contribution < 1.29 is 0 Å².